The number of hydrogen-bond donors (Lipinski definition) is 2. The summed E-state index contributed by atoms with van der Waals surface area (Å²) in [6, 6.07) is 3.38. The predicted molar refractivity (Wildman–Crippen MR) is 126 cm³/mol. The van der Waals surface area contributed by atoms with Gasteiger partial charge in [0.25, 0.3) is 5.56 Å². The van der Waals surface area contributed by atoms with Crippen LogP contribution in [0.3, 0.4) is 0 Å². The molecule has 1 aromatic heterocycles. The van der Waals surface area contributed by atoms with Crippen molar-refractivity contribution in [2.24, 2.45) is 7.05 Å². The lowest BCUT2D eigenvalue weighted by atomic mass is 10.0. The second-order valence-electron chi connectivity index (χ2n) is 8.53. The molecule has 1 amide bonds. The molecule has 12 heteroatoms. The van der Waals surface area contributed by atoms with Gasteiger partial charge in [-0.15, -0.1) is 0 Å². The van der Waals surface area contributed by atoms with E-state index in [0.717, 1.165) is 10.6 Å². The molecule has 3 rings (SSSR count). The molecule has 0 spiro atoms. The van der Waals surface area contributed by atoms with E-state index in [9.17, 15) is 27.9 Å². The lowest BCUT2D eigenvalue weighted by Crippen LogP contribution is -2.38. The summed E-state index contributed by atoms with van der Waals surface area (Å²) in [6.45, 7) is 4.12. The second-order valence-corrected chi connectivity index (χ2v) is 8.53. The SMILES string of the molecule is CCO[C@H]1CN(C(=O)O)C[C@H]1Nc1c(CC)nc(-c2ccc(N(C)C)cc2C(F)(F)F)n(C)c1=O. The van der Waals surface area contributed by atoms with Crippen LogP contribution in [0.2, 0.25) is 0 Å². The number of alkyl halides is 3. The lowest BCUT2D eigenvalue weighted by Gasteiger charge is -2.23. The van der Waals surface area contributed by atoms with Gasteiger partial charge in [-0.05, 0) is 31.5 Å². The average Bonchev–Trinajstić information content (AvgIpc) is 3.19. The van der Waals surface area contributed by atoms with Crippen LogP contribution >= 0.6 is 0 Å². The Kier molecular flexibility index (Phi) is 7.63. The third-order valence-corrected chi connectivity index (χ3v) is 6.01. The number of carboxylic acid groups (broad SMARTS) is 1. The van der Waals surface area contributed by atoms with Crippen LogP contribution in [0, 0.1) is 0 Å². The number of likely N-dealkylation sites (tertiary alicyclic amines) is 1. The maximum Gasteiger partial charge on any atom is 0.417 e. The Balaban J connectivity index is 2.09. The van der Waals surface area contributed by atoms with E-state index in [2.05, 4.69) is 10.3 Å². The largest absolute Gasteiger partial charge is 0.465 e. The first-order valence-corrected chi connectivity index (χ1v) is 11.2. The highest BCUT2D eigenvalue weighted by Crippen LogP contribution is 2.38. The van der Waals surface area contributed by atoms with Crippen LogP contribution in [0.1, 0.15) is 25.1 Å². The first-order valence-electron chi connectivity index (χ1n) is 11.2. The number of rotatable bonds is 7. The smallest absolute Gasteiger partial charge is 0.417 e. The van der Waals surface area contributed by atoms with Crippen molar-refractivity contribution in [2.45, 2.75) is 38.6 Å². The Hall–Kier alpha value is -3.28. The molecule has 9 nitrogen and oxygen atoms in total. The Morgan fingerprint density at radius 2 is 1.97 bits per heavy atom. The van der Waals surface area contributed by atoms with Crippen molar-refractivity contribution in [1.29, 1.82) is 0 Å². The molecule has 1 aliphatic heterocycles. The van der Waals surface area contributed by atoms with Gasteiger partial charge in [0.2, 0.25) is 0 Å². The van der Waals surface area contributed by atoms with E-state index < -0.39 is 35.5 Å². The van der Waals surface area contributed by atoms with Gasteiger partial charge in [0.15, 0.2) is 0 Å². The van der Waals surface area contributed by atoms with Gasteiger partial charge in [0, 0.05) is 45.5 Å². The summed E-state index contributed by atoms with van der Waals surface area (Å²) in [5.74, 6) is -0.102. The van der Waals surface area contributed by atoms with Crippen LogP contribution < -0.4 is 15.8 Å². The molecule has 1 fully saturated rings. The van der Waals surface area contributed by atoms with E-state index in [1.165, 1.54) is 18.0 Å². The zero-order valence-electron chi connectivity index (χ0n) is 20.3. The van der Waals surface area contributed by atoms with E-state index in [-0.39, 0.29) is 42.3 Å². The fourth-order valence-electron chi connectivity index (χ4n) is 4.16. The molecule has 1 saturated heterocycles. The Morgan fingerprint density at radius 3 is 2.51 bits per heavy atom. The molecule has 2 aromatic rings. The molecular formula is C23H30F3N5O4. The average molecular weight is 498 g/mol. The molecular weight excluding hydrogens is 467 g/mol. The summed E-state index contributed by atoms with van der Waals surface area (Å²) in [5, 5.41) is 12.4. The Morgan fingerprint density at radius 1 is 1.29 bits per heavy atom. The number of aromatic nitrogens is 2. The number of nitrogens with zero attached hydrogens (tertiary/aromatic N) is 4. The molecule has 2 N–H and O–H groups in total. The number of nitrogens with one attached hydrogen (secondary N) is 1. The number of halogens is 3. The molecule has 35 heavy (non-hydrogen) atoms. The molecule has 1 aromatic carbocycles. The molecule has 2 atom stereocenters. The second kappa shape index (κ2) is 10.1. The van der Waals surface area contributed by atoms with Crippen molar-refractivity contribution in [1.82, 2.24) is 14.5 Å². The van der Waals surface area contributed by atoms with Crippen molar-refractivity contribution in [3.63, 3.8) is 0 Å². The highest BCUT2D eigenvalue weighted by molar-refractivity contribution is 5.68. The van der Waals surface area contributed by atoms with Crippen molar-refractivity contribution in [2.75, 3.05) is 44.0 Å². The van der Waals surface area contributed by atoms with Crippen LogP contribution in [0.25, 0.3) is 11.4 Å². The maximum absolute atomic E-state index is 13.9. The van der Waals surface area contributed by atoms with Gasteiger partial charge in [0.05, 0.1) is 29.9 Å². The summed E-state index contributed by atoms with van der Waals surface area (Å²) in [5.41, 5.74) is -0.865. The van der Waals surface area contributed by atoms with E-state index in [1.54, 1.807) is 38.9 Å². The minimum Gasteiger partial charge on any atom is -0.465 e. The third-order valence-electron chi connectivity index (χ3n) is 6.01. The van der Waals surface area contributed by atoms with Gasteiger partial charge >= 0.3 is 12.3 Å². The molecule has 192 valence electrons. The number of benzene rings is 1. The molecule has 0 aliphatic carbocycles. The normalized spacial score (nSPS) is 18.1. The Labute approximate surface area is 201 Å². The maximum atomic E-state index is 13.9. The zero-order chi connectivity index (χ0) is 26.1. The van der Waals surface area contributed by atoms with Gasteiger partial charge in [-0.3, -0.25) is 9.36 Å². The topological polar surface area (TPSA) is 99.9 Å². The van der Waals surface area contributed by atoms with Crippen molar-refractivity contribution in [3.05, 3.63) is 39.8 Å². The lowest BCUT2D eigenvalue weighted by molar-refractivity contribution is -0.137. The Bertz CT molecular complexity index is 1150. The molecule has 2 heterocycles. The summed E-state index contributed by atoms with van der Waals surface area (Å²) in [6.07, 6.45) is -5.97. The van der Waals surface area contributed by atoms with Gasteiger partial charge in [-0.25, -0.2) is 9.78 Å². The fourth-order valence-corrected chi connectivity index (χ4v) is 4.16. The number of ether oxygens (including phenoxy) is 1. The van der Waals surface area contributed by atoms with Gasteiger partial charge in [0.1, 0.15) is 11.5 Å². The van der Waals surface area contributed by atoms with E-state index in [0.29, 0.717) is 12.3 Å². The molecule has 1 aliphatic rings. The van der Waals surface area contributed by atoms with Crippen LogP contribution in [0.15, 0.2) is 23.0 Å². The van der Waals surface area contributed by atoms with E-state index in [4.69, 9.17) is 4.74 Å². The molecule has 0 unspecified atom stereocenters. The van der Waals surface area contributed by atoms with Gasteiger partial charge < -0.3 is 25.0 Å². The number of amides is 1. The standard InChI is InChI=1S/C23H30F3N5O4/c1-6-16-19(27-17-11-31(22(33)34)12-18(17)35-7-2)21(32)30(5)20(28-16)14-9-8-13(29(3)4)10-15(14)23(24,25)26/h8-10,17-18,27H,6-7,11-12H2,1-5H3,(H,33,34)/t17-,18+/m1/s1. The molecule has 0 bridgehead atoms. The summed E-state index contributed by atoms with van der Waals surface area (Å²) < 4.78 is 48.6. The number of carbonyl (C=O) groups is 1. The van der Waals surface area contributed by atoms with Crippen molar-refractivity contribution < 1.29 is 27.8 Å². The molecule has 0 radical (unpaired) electrons. The van der Waals surface area contributed by atoms with Crippen LogP contribution in [-0.4, -0.2) is 71.6 Å². The minimum atomic E-state index is -4.66. The van der Waals surface area contributed by atoms with Crippen molar-refractivity contribution >= 4 is 17.5 Å². The highest BCUT2D eigenvalue weighted by atomic mass is 19.4. The van der Waals surface area contributed by atoms with Crippen molar-refractivity contribution in [3.8, 4) is 11.4 Å². The summed E-state index contributed by atoms with van der Waals surface area (Å²) >= 11 is 0. The third kappa shape index (κ3) is 5.37. The van der Waals surface area contributed by atoms with Gasteiger partial charge in [-0.2, -0.15) is 13.2 Å². The van der Waals surface area contributed by atoms with Gasteiger partial charge in [-0.1, -0.05) is 6.92 Å². The molecule has 0 saturated carbocycles. The van der Waals surface area contributed by atoms with E-state index in [1.807, 2.05) is 0 Å². The zero-order valence-corrected chi connectivity index (χ0v) is 20.3. The van der Waals surface area contributed by atoms with Crippen LogP contribution in [0.4, 0.5) is 29.3 Å². The van der Waals surface area contributed by atoms with Crippen LogP contribution in [-0.2, 0) is 24.4 Å². The number of anilines is 2. The monoisotopic (exact) mass is 497 g/mol. The predicted octanol–water partition coefficient (Wildman–Crippen LogP) is 3.27. The number of aryl methyl sites for hydroxylation is 1. The summed E-state index contributed by atoms with van der Waals surface area (Å²) in [7, 11) is 4.65. The first-order chi connectivity index (χ1) is 16.4. The first kappa shape index (κ1) is 26.3. The van der Waals surface area contributed by atoms with E-state index >= 15 is 0 Å². The highest BCUT2D eigenvalue weighted by Gasteiger charge is 2.38. The summed E-state index contributed by atoms with van der Waals surface area (Å²) in [4.78, 5) is 32.0. The van der Waals surface area contributed by atoms with Crippen LogP contribution in [0.5, 0.6) is 0 Å². The quantitative estimate of drug-likeness (QED) is 0.606. The number of hydrogen-bond acceptors (Lipinski definition) is 6. The fraction of sp³-hybridized carbons (Fsp3) is 0.522. The minimum absolute atomic E-state index is 0.0955.